The summed E-state index contributed by atoms with van der Waals surface area (Å²) in [5.74, 6) is -2.95. The molecule has 1 saturated heterocycles. The van der Waals surface area contributed by atoms with Crippen molar-refractivity contribution in [2.45, 2.75) is 18.8 Å². The van der Waals surface area contributed by atoms with Gasteiger partial charge in [0.1, 0.15) is 0 Å². The van der Waals surface area contributed by atoms with Gasteiger partial charge in [-0.05, 0) is 28.1 Å². The van der Waals surface area contributed by atoms with E-state index in [0.29, 0.717) is 15.1 Å². The molecule has 0 unspecified atom stereocenters. The van der Waals surface area contributed by atoms with E-state index in [1.807, 2.05) is 0 Å². The molecule has 0 radical (unpaired) electrons. The average molecular weight is 339 g/mol. The molecule has 98 valence electrons. The van der Waals surface area contributed by atoms with Crippen molar-refractivity contribution in [3.63, 3.8) is 0 Å². The van der Waals surface area contributed by atoms with Crippen molar-refractivity contribution in [1.29, 1.82) is 0 Å². The first-order valence-electron chi connectivity index (χ1n) is 5.52. The van der Waals surface area contributed by atoms with E-state index < -0.39 is 5.92 Å². The van der Waals surface area contributed by atoms with E-state index in [9.17, 15) is 13.6 Å². The van der Waals surface area contributed by atoms with E-state index in [0.717, 1.165) is 0 Å². The van der Waals surface area contributed by atoms with Crippen LogP contribution in [0.1, 0.15) is 23.2 Å². The zero-order chi connectivity index (χ0) is 13.3. The van der Waals surface area contributed by atoms with Crippen LogP contribution in [0.3, 0.4) is 0 Å². The van der Waals surface area contributed by atoms with Gasteiger partial charge in [0.15, 0.2) is 0 Å². The zero-order valence-electron chi connectivity index (χ0n) is 9.43. The highest BCUT2D eigenvalue weighted by Crippen LogP contribution is 2.31. The van der Waals surface area contributed by atoms with Crippen LogP contribution in [0.2, 0.25) is 5.02 Å². The summed E-state index contributed by atoms with van der Waals surface area (Å²) in [6, 6.07) is 5.02. The lowest BCUT2D eigenvalue weighted by molar-refractivity contribution is -0.0494. The summed E-state index contributed by atoms with van der Waals surface area (Å²) in [6.45, 7) is 0.128. The maximum atomic E-state index is 13.0. The van der Waals surface area contributed by atoms with Crippen LogP contribution in [-0.4, -0.2) is 29.8 Å². The predicted octanol–water partition coefficient (Wildman–Crippen LogP) is 3.97. The summed E-state index contributed by atoms with van der Waals surface area (Å²) < 4.78 is 26.7. The molecule has 1 fully saturated rings. The molecule has 1 aromatic rings. The number of nitrogens with zero attached hydrogens (tertiary/aromatic N) is 1. The standard InChI is InChI=1S/C12H11BrClF2NO/c13-9-3-1-2-8(10(9)14)11(18)17-6-4-12(15,16)5-7-17/h1-3H,4-7H2. The number of piperidine rings is 1. The Kier molecular flexibility index (Phi) is 3.92. The SMILES string of the molecule is O=C(c1cccc(Br)c1Cl)N1CCC(F)(F)CC1. The molecule has 2 rings (SSSR count). The molecule has 1 aliphatic rings. The number of carbonyl (C=O) groups is 1. The highest BCUT2D eigenvalue weighted by Gasteiger charge is 2.36. The summed E-state index contributed by atoms with van der Waals surface area (Å²) in [6.07, 6.45) is -0.575. The minimum absolute atomic E-state index is 0.0642. The number of amides is 1. The quantitative estimate of drug-likeness (QED) is 0.758. The molecule has 0 bridgehead atoms. The summed E-state index contributed by atoms with van der Waals surface area (Å²) in [5, 5.41) is 0.319. The Bertz CT molecular complexity index is 471. The monoisotopic (exact) mass is 337 g/mol. The first-order valence-corrected chi connectivity index (χ1v) is 6.69. The van der Waals surface area contributed by atoms with Gasteiger partial charge in [-0.15, -0.1) is 0 Å². The van der Waals surface area contributed by atoms with Crippen molar-refractivity contribution in [2.75, 3.05) is 13.1 Å². The van der Waals surface area contributed by atoms with E-state index in [1.165, 1.54) is 4.90 Å². The second-order valence-corrected chi connectivity index (χ2v) is 5.48. The highest BCUT2D eigenvalue weighted by atomic mass is 79.9. The number of hydrogen-bond acceptors (Lipinski definition) is 1. The van der Waals surface area contributed by atoms with Crippen molar-refractivity contribution < 1.29 is 13.6 Å². The molecular weight excluding hydrogens is 327 g/mol. The van der Waals surface area contributed by atoms with Crippen LogP contribution in [0.25, 0.3) is 0 Å². The van der Waals surface area contributed by atoms with E-state index in [1.54, 1.807) is 18.2 Å². The molecule has 0 spiro atoms. The second kappa shape index (κ2) is 5.13. The number of hydrogen-bond donors (Lipinski definition) is 0. The van der Waals surface area contributed by atoms with Gasteiger partial charge in [-0.2, -0.15) is 0 Å². The van der Waals surface area contributed by atoms with Crippen molar-refractivity contribution >= 4 is 33.4 Å². The summed E-state index contributed by atoms with van der Waals surface area (Å²) in [4.78, 5) is 13.6. The fourth-order valence-corrected chi connectivity index (χ4v) is 2.45. The molecular formula is C12H11BrClF2NO. The van der Waals surface area contributed by atoms with E-state index >= 15 is 0 Å². The molecule has 0 atom stereocenters. The van der Waals surface area contributed by atoms with Gasteiger partial charge in [-0.1, -0.05) is 17.7 Å². The molecule has 0 N–H and O–H groups in total. The fourth-order valence-electron chi connectivity index (χ4n) is 1.88. The molecule has 1 aromatic carbocycles. The normalized spacial score (nSPS) is 18.8. The van der Waals surface area contributed by atoms with Crippen molar-refractivity contribution in [3.05, 3.63) is 33.3 Å². The number of carbonyl (C=O) groups excluding carboxylic acids is 1. The molecule has 18 heavy (non-hydrogen) atoms. The van der Waals surface area contributed by atoms with Crippen LogP contribution < -0.4 is 0 Å². The van der Waals surface area contributed by atoms with Crippen molar-refractivity contribution in [3.8, 4) is 0 Å². The third-order valence-corrected chi connectivity index (χ3v) is 4.26. The van der Waals surface area contributed by atoms with Crippen molar-refractivity contribution in [2.24, 2.45) is 0 Å². The van der Waals surface area contributed by atoms with Gasteiger partial charge >= 0.3 is 0 Å². The number of alkyl halides is 2. The van der Waals surface area contributed by atoms with Gasteiger partial charge < -0.3 is 4.90 Å². The Hall–Kier alpha value is -0.680. The van der Waals surface area contributed by atoms with Gasteiger partial charge in [0.2, 0.25) is 0 Å². The number of halogens is 4. The lowest BCUT2D eigenvalue weighted by Gasteiger charge is -2.32. The molecule has 0 saturated carbocycles. The van der Waals surface area contributed by atoms with E-state index in [4.69, 9.17) is 11.6 Å². The van der Waals surface area contributed by atoms with Gasteiger partial charge in [0, 0.05) is 30.4 Å². The molecule has 1 amide bonds. The third kappa shape index (κ3) is 2.83. The second-order valence-electron chi connectivity index (χ2n) is 4.25. The van der Waals surface area contributed by atoms with Gasteiger partial charge in [0.05, 0.1) is 10.6 Å². The Labute approximate surface area is 117 Å². The van der Waals surface area contributed by atoms with Crippen LogP contribution in [0, 0.1) is 0 Å². The summed E-state index contributed by atoms with van der Waals surface area (Å²) in [5.41, 5.74) is 0.344. The Morgan fingerprint density at radius 1 is 1.33 bits per heavy atom. The van der Waals surface area contributed by atoms with E-state index in [2.05, 4.69) is 15.9 Å². The Morgan fingerprint density at radius 3 is 2.56 bits per heavy atom. The summed E-state index contributed by atoms with van der Waals surface area (Å²) in [7, 11) is 0. The zero-order valence-corrected chi connectivity index (χ0v) is 11.8. The molecule has 0 aliphatic carbocycles. The van der Waals surface area contributed by atoms with Crippen LogP contribution in [0.15, 0.2) is 22.7 Å². The van der Waals surface area contributed by atoms with Crippen LogP contribution >= 0.6 is 27.5 Å². The Balaban J connectivity index is 2.15. The number of benzene rings is 1. The van der Waals surface area contributed by atoms with Crippen LogP contribution in [-0.2, 0) is 0 Å². The molecule has 2 nitrogen and oxygen atoms in total. The largest absolute Gasteiger partial charge is 0.338 e. The van der Waals surface area contributed by atoms with E-state index in [-0.39, 0.29) is 31.8 Å². The fraction of sp³-hybridized carbons (Fsp3) is 0.417. The lowest BCUT2D eigenvalue weighted by Crippen LogP contribution is -2.42. The molecule has 6 heteroatoms. The average Bonchev–Trinajstić information content (AvgIpc) is 2.32. The third-order valence-electron chi connectivity index (χ3n) is 2.96. The minimum atomic E-state index is -2.65. The maximum absolute atomic E-state index is 13.0. The smallest absolute Gasteiger partial charge is 0.255 e. The lowest BCUT2D eigenvalue weighted by atomic mass is 10.1. The first-order chi connectivity index (χ1) is 8.41. The summed E-state index contributed by atoms with van der Waals surface area (Å²) >= 11 is 9.25. The topological polar surface area (TPSA) is 20.3 Å². The van der Waals surface area contributed by atoms with Crippen LogP contribution in [0.4, 0.5) is 8.78 Å². The maximum Gasteiger partial charge on any atom is 0.255 e. The van der Waals surface area contributed by atoms with Crippen molar-refractivity contribution in [1.82, 2.24) is 4.90 Å². The first kappa shape index (κ1) is 13.7. The predicted molar refractivity (Wildman–Crippen MR) is 69.2 cm³/mol. The molecule has 0 aromatic heterocycles. The van der Waals surface area contributed by atoms with Crippen LogP contribution in [0.5, 0.6) is 0 Å². The Morgan fingerprint density at radius 2 is 1.94 bits per heavy atom. The minimum Gasteiger partial charge on any atom is -0.338 e. The van der Waals surface area contributed by atoms with Gasteiger partial charge in [-0.3, -0.25) is 4.79 Å². The molecule has 1 heterocycles. The van der Waals surface area contributed by atoms with Gasteiger partial charge in [0.25, 0.3) is 11.8 Å². The highest BCUT2D eigenvalue weighted by molar-refractivity contribution is 9.10. The molecule has 1 aliphatic heterocycles. The number of rotatable bonds is 1. The number of likely N-dealkylation sites (tertiary alicyclic amines) is 1. The van der Waals surface area contributed by atoms with Gasteiger partial charge in [-0.25, -0.2) is 8.78 Å².